The number of nitrogens with one attached hydrogen (secondary N) is 1. The number of hydrogen-bond acceptors (Lipinski definition) is 4. The van der Waals surface area contributed by atoms with Gasteiger partial charge >= 0.3 is 5.97 Å². The molecule has 96 valence electrons. The number of carboxylic acid groups (broad SMARTS) is 1. The summed E-state index contributed by atoms with van der Waals surface area (Å²) in [4.78, 5) is 30.5. The highest BCUT2D eigenvalue weighted by Gasteiger charge is 2.66. The molecule has 6 nitrogen and oxygen atoms in total. The first-order valence-electron chi connectivity index (χ1n) is 5.36. The lowest BCUT2D eigenvalue weighted by molar-refractivity contribution is -0.140. The summed E-state index contributed by atoms with van der Waals surface area (Å²) in [6.45, 7) is 3.49. The zero-order valence-corrected chi connectivity index (χ0v) is 10.6. The Bertz CT molecular complexity index is 518. The van der Waals surface area contributed by atoms with E-state index >= 15 is 0 Å². The summed E-state index contributed by atoms with van der Waals surface area (Å²) in [6.07, 6.45) is 1.41. The van der Waals surface area contributed by atoms with E-state index in [0.717, 1.165) is 0 Å². The van der Waals surface area contributed by atoms with Crippen molar-refractivity contribution in [3.63, 3.8) is 0 Å². The molecule has 1 aromatic rings. The monoisotopic (exact) mass is 269 g/mol. The van der Waals surface area contributed by atoms with E-state index in [0.29, 0.717) is 0 Å². The molecule has 0 bridgehead atoms. The van der Waals surface area contributed by atoms with Crippen LogP contribution in [0.2, 0.25) is 5.15 Å². The van der Waals surface area contributed by atoms with E-state index in [1.165, 1.54) is 12.3 Å². The van der Waals surface area contributed by atoms with Gasteiger partial charge in [-0.3, -0.25) is 14.9 Å². The lowest BCUT2D eigenvalue weighted by atomic mass is 10.1. The first-order valence-corrected chi connectivity index (χ1v) is 5.74. The number of carbonyl (C=O) groups excluding carboxylic acids is 1. The summed E-state index contributed by atoms with van der Waals surface area (Å²) in [5, 5.41) is 11.7. The maximum atomic E-state index is 11.9. The van der Waals surface area contributed by atoms with Crippen LogP contribution in [0.25, 0.3) is 0 Å². The van der Waals surface area contributed by atoms with E-state index in [2.05, 4.69) is 15.3 Å². The highest BCUT2D eigenvalue weighted by Crippen LogP contribution is 2.58. The number of aliphatic carboxylic acids is 1. The molecule has 0 aromatic carbocycles. The molecule has 0 spiro atoms. The number of anilines is 1. The SMILES string of the molecule is CC1(C)C(C(=O)O)C1C(=O)Nc1nccc(Cl)n1. The van der Waals surface area contributed by atoms with E-state index in [-0.39, 0.29) is 11.1 Å². The quantitative estimate of drug-likeness (QED) is 0.810. The third kappa shape index (κ3) is 2.15. The van der Waals surface area contributed by atoms with Gasteiger partial charge in [0.15, 0.2) is 0 Å². The predicted molar refractivity (Wildman–Crippen MR) is 64.1 cm³/mol. The van der Waals surface area contributed by atoms with E-state index in [9.17, 15) is 9.59 Å². The lowest BCUT2D eigenvalue weighted by Gasteiger charge is -2.04. The summed E-state index contributed by atoms with van der Waals surface area (Å²) >= 11 is 5.66. The van der Waals surface area contributed by atoms with Gasteiger partial charge in [-0.15, -0.1) is 0 Å². The Morgan fingerprint density at radius 1 is 1.44 bits per heavy atom. The number of halogens is 1. The number of amides is 1. The molecule has 1 saturated carbocycles. The molecular formula is C11H12ClN3O3. The van der Waals surface area contributed by atoms with Gasteiger partial charge in [-0.25, -0.2) is 9.97 Å². The Labute approximate surface area is 108 Å². The van der Waals surface area contributed by atoms with Crippen LogP contribution < -0.4 is 5.32 Å². The molecule has 1 heterocycles. The Kier molecular flexibility index (Phi) is 2.98. The van der Waals surface area contributed by atoms with Gasteiger partial charge in [0.2, 0.25) is 11.9 Å². The molecule has 2 atom stereocenters. The van der Waals surface area contributed by atoms with Crippen molar-refractivity contribution in [2.24, 2.45) is 17.3 Å². The highest BCUT2D eigenvalue weighted by molar-refractivity contribution is 6.29. The smallest absolute Gasteiger partial charge is 0.307 e. The largest absolute Gasteiger partial charge is 0.481 e. The summed E-state index contributed by atoms with van der Waals surface area (Å²) in [6, 6.07) is 1.48. The molecular weight excluding hydrogens is 258 g/mol. The molecule has 2 N–H and O–H groups in total. The fourth-order valence-corrected chi connectivity index (χ4v) is 2.31. The molecule has 18 heavy (non-hydrogen) atoms. The van der Waals surface area contributed by atoms with Crippen LogP contribution in [-0.2, 0) is 9.59 Å². The standard InChI is InChI=1S/C11H12ClN3O3/c1-11(2)6(7(11)9(17)18)8(16)15-10-13-4-3-5(12)14-10/h3-4,6-7H,1-2H3,(H,17,18)(H,13,14,15,16). The molecule has 1 aromatic heterocycles. The summed E-state index contributed by atoms with van der Waals surface area (Å²) < 4.78 is 0. The average Bonchev–Trinajstić information content (AvgIpc) is 2.81. The van der Waals surface area contributed by atoms with E-state index in [1.807, 2.05) is 0 Å². The van der Waals surface area contributed by atoms with Crippen LogP contribution in [0.4, 0.5) is 5.95 Å². The van der Waals surface area contributed by atoms with Crippen molar-refractivity contribution < 1.29 is 14.7 Å². The Hall–Kier alpha value is -1.69. The number of aromatic nitrogens is 2. The fraction of sp³-hybridized carbons (Fsp3) is 0.455. The van der Waals surface area contributed by atoms with E-state index in [1.54, 1.807) is 13.8 Å². The molecule has 0 saturated heterocycles. The maximum Gasteiger partial charge on any atom is 0.307 e. The van der Waals surface area contributed by atoms with Crippen molar-refractivity contribution in [1.82, 2.24) is 9.97 Å². The van der Waals surface area contributed by atoms with Crippen LogP contribution in [0.15, 0.2) is 12.3 Å². The average molecular weight is 270 g/mol. The predicted octanol–water partition coefficient (Wildman–Crippen LogP) is 1.43. The normalized spacial score (nSPS) is 24.4. The van der Waals surface area contributed by atoms with E-state index < -0.39 is 29.1 Å². The molecule has 2 unspecified atom stereocenters. The summed E-state index contributed by atoms with van der Waals surface area (Å²) in [5.74, 6) is -2.52. The minimum atomic E-state index is -0.966. The first kappa shape index (κ1) is 12.8. The van der Waals surface area contributed by atoms with Crippen molar-refractivity contribution >= 4 is 29.4 Å². The molecule has 0 radical (unpaired) electrons. The van der Waals surface area contributed by atoms with Crippen LogP contribution in [0.3, 0.4) is 0 Å². The zero-order chi connectivity index (χ0) is 13.5. The molecule has 2 rings (SSSR count). The second kappa shape index (κ2) is 4.20. The van der Waals surface area contributed by atoms with Crippen molar-refractivity contribution in [2.45, 2.75) is 13.8 Å². The van der Waals surface area contributed by atoms with Crippen molar-refractivity contribution in [3.05, 3.63) is 17.4 Å². The highest BCUT2D eigenvalue weighted by atomic mass is 35.5. The number of rotatable bonds is 3. The van der Waals surface area contributed by atoms with Gasteiger partial charge in [-0.05, 0) is 11.5 Å². The van der Waals surface area contributed by atoms with Crippen LogP contribution in [-0.4, -0.2) is 27.0 Å². The minimum absolute atomic E-state index is 0.0827. The van der Waals surface area contributed by atoms with Crippen LogP contribution in [0.5, 0.6) is 0 Å². The number of carbonyl (C=O) groups is 2. The maximum absolute atomic E-state index is 11.9. The Balaban J connectivity index is 2.08. The summed E-state index contributed by atoms with van der Waals surface area (Å²) in [7, 11) is 0. The third-order valence-corrected chi connectivity index (χ3v) is 3.44. The minimum Gasteiger partial charge on any atom is -0.481 e. The van der Waals surface area contributed by atoms with Gasteiger partial charge < -0.3 is 5.11 Å². The lowest BCUT2D eigenvalue weighted by Crippen LogP contribution is -2.19. The van der Waals surface area contributed by atoms with Gasteiger partial charge in [-0.2, -0.15) is 0 Å². The van der Waals surface area contributed by atoms with Crippen molar-refractivity contribution in [1.29, 1.82) is 0 Å². The molecule has 1 aliphatic rings. The fourth-order valence-electron chi connectivity index (χ4n) is 2.17. The van der Waals surface area contributed by atoms with E-state index in [4.69, 9.17) is 16.7 Å². The third-order valence-electron chi connectivity index (χ3n) is 3.23. The molecule has 1 amide bonds. The van der Waals surface area contributed by atoms with Crippen LogP contribution >= 0.6 is 11.6 Å². The van der Waals surface area contributed by atoms with Crippen LogP contribution in [0.1, 0.15) is 13.8 Å². The van der Waals surface area contributed by atoms with Crippen molar-refractivity contribution in [2.75, 3.05) is 5.32 Å². The van der Waals surface area contributed by atoms with Gasteiger partial charge in [-0.1, -0.05) is 25.4 Å². The molecule has 0 aliphatic heterocycles. The Morgan fingerprint density at radius 3 is 2.61 bits per heavy atom. The zero-order valence-electron chi connectivity index (χ0n) is 9.85. The molecule has 1 aliphatic carbocycles. The molecule has 7 heteroatoms. The van der Waals surface area contributed by atoms with Gasteiger partial charge in [0.25, 0.3) is 0 Å². The summed E-state index contributed by atoms with van der Waals surface area (Å²) in [5.41, 5.74) is -0.547. The number of hydrogen-bond donors (Lipinski definition) is 2. The van der Waals surface area contributed by atoms with Gasteiger partial charge in [0.1, 0.15) is 5.15 Å². The second-order valence-electron chi connectivity index (χ2n) is 4.81. The van der Waals surface area contributed by atoms with Crippen LogP contribution in [0, 0.1) is 17.3 Å². The van der Waals surface area contributed by atoms with Gasteiger partial charge in [0.05, 0.1) is 11.8 Å². The first-order chi connectivity index (χ1) is 8.34. The second-order valence-corrected chi connectivity index (χ2v) is 5.19. The topological polar surface area (TPSA) is 92.2 Å². The Morgan fingerprint density at radius 2 is 2.11 bits per heavy atom. The molecule has 1 fully saturated rings. The number of nitrogens with zero attached hydrogens (tertiary/aromatic N) is 2. The van der Waals surface area contributed by atoms with Crippen molar-refractivity contribution in [3.8, 4) is 0 Å². The number of carboxylic acids is 1. The van der Waals surface area contributed by atoms with Gasteiger partial charge in [0, 0.05) is 6.20 Å².